The van der Waals surface area contributed by atoms with Crippen molar-refractivity contribution in [1.82, 2.24) is 4.90 Å². The number of likely N-dealkylation sites (tertiary alicyclic amines) is 1. The molecule has 1 aliphatic heterocycles. The molecule has 1 amide bonds. The third-order valence-corrected chi connectivity index (χ3v) is 3.11. The van der Waals surface area contributed by atoms with Crippen LogP contribution in [-0.4, -0.2) is 52.9 Å². The van der Waals surface area contributed by atoms with Gasteiger partial charge >= 0.3 is 0 Å². The molecule has 2 atom stereocenters. The van der Waals surface area contributed by atoms with E-state index < -0.39 is 12.2 Å². The number of rotatable bonds is 3. The van der Waals surface area contributed by atoms with Crippen molar-refractivity contribution in [3.05, 3.63) is 29.3 Å². The number of β-amino-alcohol motifs (C(OH)–C–C–N with tert-alkyl or cyclic N) is 2. The Bertz CT molecular complexity index is 430. The molecule has 2 N–H and O–H groups in total. The Morgan fingerprint density at radius 2 is 1.94 bits per heavy atom. The van der Waals surface area contributed by atoms with E-state index in [-0.39, 0.29) is 25.6 Å². The first-order valence-electron chi connectivity index (χ1n) is 5.59. The van der Waals surface area contributed by atoms with Crippen LogP contribution in [0, 0.1) is 0 Å². The molecule has 0 saturated carbocycles. The second-order valence-corrected chi connectivity index (χ2v) is 4.56. The second kappa shape index (κ2) is 5.56. The first-order valence-corrected chi connectivity index (χ1v) is 5.97. The molecule has 0 aliphatic carbocycles. The maximum absolute atomic E-state index is 11.8. The van der Waals surface area contributed by atoms with E-state index in [9.17, 15) is 15.0 Å². The molecule has 6 heteroatoms. The van der Waals surface area contributed by atoms with E-state index in [0.717, 1.165) is 0 Å². The first-order chi connectivity index (χ1) is 8.58. The standard InChI is InChI=1S/C12H14ClNO4/c13-8-3-1-2-4-11(8)18-7-12(17)14-5-9(15)10(16)6-14/h1-4,9-10,15-16H,5-7H2/t9-,10+. The van der Waals surface area contributed by atoms with Crippen LogP contribution in [0.1, 0.15) is 0 Å². The van der Waals surface area contributed by atoms with Gasteiger partial charge in [0.1, 0.15) is 5.75 Å². The molecule has 1 saturated heterocycles. The fraction of sp³-hybridized carbons (Fsp3) is 0.417. The van der Waals surface area contributed by atoms with Crippen molar-refractivity contribution >= 4 is 17.5 Å². The number of hydrogen-bond donors (Lipinski definition) is 2. The molecule has 1 aliphatic rings. The van der Waals surface area contributed by atoms with Crippen LogP contribution in [0.4, 0.5) is 0 Å². The molecule has 1 aromatic carbocycles. The zero-order valence-corrected chi connectivity index (χ0v) is 10.4. The van der Waals surface area contributed by atoms with Gasteiger partial charge in [-0.05, 0) is 12.1 Å². The van der Waals surface area contributed by atoms with Gasteiger partial charge in [0.2, 0.25) is 0 Å². The number of amides is 1. The molecule has 1 aromatic rings. The van der Waals surface area contributed by atoms with Crippen LogP contribution < -0.4 is 4.74 Å². The summed E-state index contributed by atoms with van der Waals surface area (Å²) in [5.41, 5.74) is 0. The van der Waals surface area contributed by atoms with Crippen molar-refractivity contribution < 1.29 is 19.7 Å². The Balaban J connectivity index is 1.88. The number of carbonyl (C=O) groups is 1. The van der Waals surface area contributed by atoms with Crippen LogP contribution in [0.15, 0.2) is 24.3 Å². The maximum Gasteiger partial charge on any atom is 0.260 e. The number of hydrogen-bond acceptors (Lipinski definition) is 4. The summed E-state index contributed by atoms with van der Waals surface area (Å²) in [6.07, 6.45) is -1.76. The van der Waals surface area contributed by atoms with Gasteiger partial charge in [0.15, 0.2) is 6.61 Å². The minimum atomic E-state index is -0.880. The number of halogens is 1. The summed E-state index contributed by atoms with van der Waals surface area (Å²) in [4.78, 5) is 13.1. The second-order valence-electron chi connectivity index (χ2n) is 4.15. The highest BCUT2D eigenvalue weighted by atomic mass is 35.5. The Labute approximate surface area is 110 Å². The van der Waals surface area contributed by atoms with Gasteiger partial charge in [-0.2, -0.15) is 0 Å². The van der Waals surface area contributed by atoms with Crippen LogP contribution in [0.25, 0.3) is 0 Å². The molecule has 2 rings (SSSR count). The zero-order valence-electron chi connectivity index (χ0n) is 9.62. The summed E-state index contributed by atoms with van der Waals surface area (Å²) >= 11 is 5.88. The summed E-state index contributed by atoms with van der Waals surface area (Å²) in [6.45, 7) is 0.0982. The van der Waals surface area contributed by atoms with Gasteiger partial charge in [-0.25, -0.2) is 0 Å². The van der Waals surface area contributed by atoms with E-state index in [0.29, 0.717) is 10.8 Å². The average molecular weight is 272 g/mol. The fourth-order valence-corrected chi connectivity index (χ4v) is 1.96. The van der Waals surface area contributed by atoms with Crippen LogP contribution >= 0.6 is 11.6 Å². The lowest BCUT2D eigenvalue weighted by molar-refractivity contribution is -0.132. The summed E-state index contributed by atoms with van der Waals surface area (Å²) in [6, 6.07) is 6.87. The molecular weight excluding hydrogens is 258 g/mol. The minimum absolute atomic E-state index is 0.131. The lowest BCUT2D eigenvalue weighted by Gasteiger charge is -2.16. The van der Waals surface area contributed by atoms with Crippen LogP contribution in [0.2, 0.25) is 5.02 Å². The number of nitrogens with zero attached hydrogens (tertiary/aromatic N) is 1. The molecule has 0 bridgehead atoms. The van der Waals surface area contributed by atoms with Crippen molar-refractivity contribution in [3.8, 4) is 5.75 Å². The van der Waals surface area contributed by atoms with Gasteiger partial charge in [-0.1, -0.05) is 23.7 Å². The summed E-state index contributed by atoms with van der Waals surface area (Å²) in [7, 11) is 0. The molecule has 0 unspecified atom stereocenters. The van der Waals surface area contributed by atoms with Crippen molar-refractivity contribution in [1.29, 1.82) is 0 Å². The molecule has 1 fully saturated rings. The zero-order chi connectivity index (χ0) is 13.1. The van der Waals surface area contributed by atoms with Crippen LogP contribution in [-0.2, 0) is 4.79 Å². The van der Waals surface area contributed by atoms with E-state index in [1.807, 2.05) is 0 Å². The molecular formula is C12H14ClNO4. The maximum atomic E-state index is 11.8. The third-order valence-electron chi connectivity index (χ3n) is 2.80. The Hall–Kier alpha value is -1.30. The quantitative estimate of drug-likeness (QED) is 0.829. The van der Waals surface area contributed by atoms with Gasteiger partial charge in [-0.3, -0.25) is 4.79 Å². The van der Waals surface area contributed by atoms with Crippen molar-refractivity contribution in [2.24, 2.45) is 0 Å². The highest BCUT2D eigenvalue weighted by Gasteiger charge is 2.32. The SMILES string of the molecule is O=C(COc1ccccc1Cl)N1C[C@@H](O)[C@@H](O)C1. The highest BCUT2D eigenvalue weighted by molar-refractivity contribution is 6.32. The predicted molar refractivity (Wildman–Crippen MR) is 65.5 cm³/mol. The third kappa shape index (κ3) is 2.93. The smallest absolute Gasteiger partial charge is 0.260 e. The summed E-state index contributed by atoms with van der Waals surface area (Å²) < 4.78 is 5.30. The van der Waals surface area contributed by atoms with Gasteiger partial charge in [0, 0.05) is 13.1 Å². The van der Waals surface area contributed by atoms with Gasteiger partial charge < -0.3 is 19.8 Å². The molecule has 1 heterocycles. The fourth-order valence-electron chi connectivity index (χ4n) is 1.77. The number of carbonyl (C=O) groups excluding carboxylic acids is 1. The molecule has 5 nitrogen and oxygen atoms in total. The minimum Gasteiger partial charge on any atom is -0.482 e. The van der Waals surface area contributed by atoms with E-state index >= 15 is 0 Å². The van der Waals surface area contributed by atoms with E-state index in [2.05, 4.69) is 0 Å². The Morgan fingerprint density at radius 1 is 1.33 bits per heavy atom. The van der Waals surface area contributed by atoms with E-state index in [1.165, 1.54) is 4.90 Å². The van der Waals surface area contributed by atoms with Gasteiger partial charge in [-0.15, -0.1) is 0 Å². The van der Waals surface area contributed by atoms with Crippen molar-refractivity contribution in [3.63, 3.8) is 0 Å². The number of ether oxygens (including phenoxy) is 1. The van der Waals surface area contributed by atoms with Crippen LogP contribution in [0.3, 0.4) is 0 Å². The number of aliphatic hydroxyl groups excluding tert-OH is 2. The van der Waals surface area contributed by atoms with E-state index in [1.54, 1.807) is 24.3 Å². The lowest BCUT2D eigenvalue weighted by Crippen LogP contribution is -2.34. The predicted octanol–water partition coefficient (Wildman–Crippen LogP) is 0.283. The lowest BCUT2D eigenvalue weighted by atomic mass is 10.3. The molecule has 98 valence electrons. The Morgan fingerprint density at radius 3 is 2.56 bits per heavy atom. The largest absolute Gasteiger partial charge is 0.482 e. The highest BCUT2D eigenvalue weighted by Crippen LogP contribution is 2.23. The van der Waals surface area contributed by atoms with Gasteiger partial charge in [0.05, 0.1) is 17.2 Å². The molecule has 0 aromatic heterocycles. The molecule has 18 heavy (non-hydrogen) atoms. The van der Waals surface area contributed by atoms with E-state index in [4.69, 9.17) is 16.3 Å². The van der Waals surface area contributed by atoms with Crippen LogP contribution in [0.5, 0.6) is 5.75 Å². The number of benzene rings is 1. The normalized spacial score (nSPS) is 23.2. The van der Waals surface area contributed by atoms with Crippen molar-refractivity contribution in [2.75, 3.05) is 19.7 Å². The monoisotopic (exact) mass is 271 g/mol. The molecule has 0 radical (unpaired) electrons. The summed E-state index contributed by atoms with van der Waals surface area (Å²) in [5.74, 6) is 0.151. The van der Waals surface area contributed by atoms with Gasteiger partial charge in [0.25, 0.3) is 5.91 Å². The molecule has 0 spiro atoms. The number of para-hydroxylation sites is 1. The Kier molecular flexibility index (Phi) is 4.06. The van der Waals surface area contributed by atoms with Crippen molar-refractivity contribution in [2.45, 2.75) is 12.2 Å². The number of aliphatic hydroxyl groups is 2. The topological polar surface area (TPSA) is 70.0 Å². The average Bonchev–Trinajstić information content (AvgIpc) is 2.68. The summed E-state index contributed by atoms with van der Waals surface area (Å²) in [5, 5.41) is 19.1. The first kappa shape index (κ1) is 13.1.